The van der Waals surface area contributed by atoms with Gasteiger partial charge in [-0.15, -0.1) is 5.10 Å². The average Bonchev–Trinajstić information content (AvgIpc) is 3.49. The van der Waals surface area contributed by atoms with Crippen LogP contribution in [0.4, 0.5) is 17.6 Å². The monoisotopic (exact) mass is 453 g/mol. The number of fused-ring (bicyclic) bond motifs is 1. The molecule has 0 saturated carbocycles. The molecular weight excluding hydrogens is 434 g/mol. The van der Waals surface area contributed by atoms with Crippen molar-refractivity contribution in [2.24, 2.45) is 0 Å². The number of aliphatic hydroxyl groups is 1. The van der Waals surface area contributed by atoms with E-state index in [9.17, 15) is 5.11 Å². The summed E-state index contributed by atoms with van der Waals surface area (Å²) in [6, 6.07) is 14.0. The van der Waals surface area contributed by atoms with Crippen LogP contribution in [0, 0.1) is 0 Å². The number of para-hydroxylation sites is 1. The van der Waals surface area contributed by atoms with Crippen LogP contribution in [0.25, 0.3) is 11.2 Å². The maximum absolute atomic E-state index is 9.70. The zero-order valence-electron chi connectivity index (χ0n) is 15.6. The van der Waals surface area contributed by atoms with Gasteiger partial charge in [-0.2, -0.15) is 4.98 Å². The fourth-order valence-electron chi connectivity index (χ4n) is 3.71. The van der Waals surface area contributed by atoms with E-state index in [-0.39, 0.29) is 12.6 Å². The summed E-state index contributed by atoms with van der Waals surface area (Å²) in [4.78, 5) is 11.3. The lowest BCUT2D eigenvalue weighted by atomic mass is 10.2. The van der Waals surface area contributed by atoms with Gasteiger partial charge in [0.2, 0.25) is 5.95 Å². The second-order valence-corrected chi connectivity index (χ2v) is 7.82. The van der Waals surface area contributed by atoms with E-state index in [1.54, 1.807) is 6.33 Å². The molecule has 1 aliphatic heterocycles. The number of rotatable bonds is 5. The molecule has 0 aliphatic carbocycles. The molecule has 1 atom stereocenters. The topological polar surface area (TPSA) is 83.5 Å². The first-order valence-electron chi connectivity index (χ1n) is 9.52. The van der Waals surface area contributed by atoms with E-state index in [0.29, 0.717) is 17.6 Å². The summed E-state index contributed by atoms with van der Waals surface area (Å²) < 4.78 is 4.61. The van der Waals surface area contributed by atoms with Crippen molar-refractivity contribution in [3.63, 3.8) is 0 Å². The summed E-state index contributed by atoms with van der Waals surface area (Å²) in [7, 11) is 0. The first-order chi connectivity index (χ1) is 14.2. The molecule has 0 spiro atoms. The highest BCUT2D eigenvalue weighted by atomic mass is 79.9. The first-order valence-corrected chi connectivity index (χ1v) is 10.3. The quantitative estimate of drug-likeness (QED) is 0.481. The molecule has 1 aliphatic rings. The summed E-state index contributed by atoms with van der Waals surface area (Å²) >= 11 is 3.55. The second-order valence-electron chi connectivity index (χ2n) is 7.01. The van der Waals surface area contributed by atoms with E-state index >= 15 is 0 Å². The van der Waals surface area contributed by atoms with E-state index < -0.39 is 0 Å². The van der Waals surface area contributed by atoms with E-state index in [1.807, 2.05) is 57.7 Å². The van der Waals surface area contributed by atoms with Gasteiger partial charge in [-0.25, -0.2) is 9.50 Å². The molecule has 0 amide bonds. The molecule has 9 heteroatoms. The van der Waals surface area contributed by atoms with E-state index in [1.165, 1.54) is 0 Å². The summed E-state index contributed by atoms with van der Waals surface area (Å²) in [5.74, 6) is 1.95. The molecule has 1 unspecified atom stereocenters. The Morgan fingerprint density at radius 3 is 2.86 bits per heavy atom. The molecular formula is C20H20BrN7O. The lowest BCUT2D eigenvalue weighted by Crippen LogP contribution is -2.34. The maximum atomic E-state index is 9.70. The molecule has 2 N–H and O–H groups in total. The van der Waals surface area contributed by atoms with Crippen LogP contribution >= 0.6 is 15.9 Å². The molecule has 1 saturated heterocycles. The molecule has 29 heavy (non-hydrogen) atoms. The van der Waals surface area contributed by atoms with Gasteiger partial charge in [0.05, 0.1) is 18.8 Å². The van der Waals surface area contributed by atoms with Crippen LogP contribution in [0.2, 0.25) is 0 Å². The van der Waals surface area contributed by atoms with Crippen LogP contribution in [-0.4, -0.2) is 48.4 Å². The molecule has 148 valence electrons. The van der Waals surface area contributed by atoms with Crippen LogP contribution in [-0.2, 0) is 0 Å². The number of nitrogens with zero attached hydrogens (tertiary/aromatic N) is 6. The predicted molar refractivity (Wildman–Crippen MR) is 115 cm³/mol. The molecule has 3 aromatic heterocycles. The molecule has 4 aromatic rings. The van der Waals surface area contributed by atoms with Crippen LogP contribution in [0.1, 0.15) is 12.8 Å². The summed E-state index contributed by atoms with van der Waals surface area (Å²) in [5, 5.41) is 17.7. The average molecular weight is 454 g/mol. The van der Waals surface area contributed by atoms with Crippen molar-refractivity contribution >= 4 is 39.0 Å². The van der Waals surface area contributed by atoms with Gasteiger partial charge in [0.15, 0.2) is 5.82 Å². The number of hydrogen-bond acceptors (Lipinski definition) is 6. The molecule has 4 heterocycles. The predicted octanol–water partition coefficient (Wildman–Crippen LogP) is 3.38. The minimum Gasteiger partial charge on any atom is -0.394 e. The molecule has 1 aromatic carbocycles. The lowest BCUT2D eigenvalue weighted by Gasteiger charge is -2.23. The maximum Gasteiger partial charge on any atom is 0.246 e. The third-order valence-electron chi connectivity index (χ3n) is 5.18. The van der Waals surface area contributed by atoms with Crippen LogP contribution < -0.4 is 10.2 Å². The van der Waals surface area contributed by atoms with Crippen LogP contribution in [0.15, 0.2) is 59.6 Å². The highest BCUT2D eigenvalue weighted by Crippen LogP contribution is 2.28. The van der Waals surface area contributed by atoms with E-state index in [4.69, 9.17) is 4.98 Å². The van der Waals surface area contributed by atoms with Crippen molar-refractivity contribution in [2.45, 2.75) is 18.9 Å². The van der Waals surface area contributed by atoms with Crippen molar-refractivity contribution in [2.75, 3.05) is 23.4 Å². The Labute approximate surface area is 176 Å². The van der Waals surface area contributed by atoms with E-state index in [2.05, 4.69) is 36.2 Å². The Morgan fingerprint density at radius 2 is 2.03 bits per heavy atom. The second kappa shape index (κ2) is 7.49. The van der Waals surface area contributed by atoms with Crippen LogP contribution in [0.5, 0.6) is 0 Å². The van der Waals surface area contributed by atoms with Gasteiger partial charge in [-0.1, -0.05) is 18.2 Å². The normalized spacial score (nSPS) is 16.6. The number of aliphatic hydroxyl groups excluding tert-OH is 1. The van der Waals surface area contributed by atoms with Crippen molar-refractivity contribution in [1.29, 1.82) is 0 Å². The third kappa shape index (κ3) is 3.36. The Morgan fingerprint density at radius 1 is 1.17 bits per heavy atom. The Bertz CT molecular complexity index is 1140. The third-order valence-corrected chi connectivity index (χ3v) is 5.78. The summed E-state index contributed by atoms with van der Waals surface area (Å²) in [6.07, 6.45) is 5.66. The number of hydrogen-bond donors (Lipinski definition) is 2. The minimum absolute atomic E-state index is 0.0481. The molecule has 0 bridgehead atoms. The zero-order valence-corrected chi connectivity index (χ0v) is 17.2. The van der Waals surface area contributed by atoms with Gasteiger partial charge in [0.25, 0.3) is 0 Å². The van der Waals surface area contributed by atoms with Gasteiger partial charge in [-0.05, 0) is 53.0 Å². The SMILES string of the molecule is OCC1CCCN1c1nc(Nc2cn(-c3ccccc3)cn2)c2ccc(Br)n2n1. The Balaban J connectivity index is 1.52. The number of anilines is 3. The lowest BCUT2D eigenvalue weighted by molar-refractivity contribution is 0.265. The standard InChI is InChI=1S/C20H20BrN7O/c21-17-9-8-16-19(23-18-11-26(13-22-18)14-5-2-1-3-6-14)24-20(25-28(16)17)27-10-4-7-15(27)12-29/h1-3,5-6,8-9,11,13,15,29H,4,7,10,12H2,(H,23,24,25). The number of benzene rings is 1. The molecule has 5 rings (SSSR count). The minimum atomic E-state index is 0.0481. The fourth-order valence-corrected chi connectivity index (χ4v) is 4.11. The summed E-state index contributed by atoms with van der Waals surface area (Å²) in [5.41, 5.74) is 1.88. The Hall–Kier alpha value is -2.91. The van der Waals surface area contributed by atoms with Crippen LogP contribution in [0.3, 0.4) is 0 Å². The van der Waals surface area contributed by atoms with Gasteiger partial charge in [0, 0.05) is 12.2 Å². The first kappa shape index (κ1) is 18.1. The molecule has 0 radical (unpaired) electrons. The van der Waals surface area contributed by atoms with Gasteiger partial charge < -0.3 is 19.9 Å². The zero-order chi connectivity index (χ0) is 19.8. The van der Waals surface area contributed by atoms with Gasteiger partial charge >= 0.3 is 0 Å². The number of nitrogens with one attached hydrogen (secondary N) is 1. The largest absolute Gasteiger partial charge is 0.394 e. The molecule has 8 nitrogen and oxygen atoms in total. The van der Waals surface area contributed by atoms with Gasteiger partial charge in [-0.3, -0.25) is 0 Å². The fraction of sp³-hybridized carbons (Fsp3) is 0.250. The number of imidazole rings is 1. The van der Waals surface area contributed by atoms with Crippen molar-refractivity contribution in [3.05, 3.63) is 59.6 Å². The highest BCUT2D eigenvalue weighted by molar-refractivity contribution is 9.10. The van der Waals surface area contributed by atoms with Crippen molar-refractivity contribution in [1.82, 2.24) is 24.1 Å². The number of aromatic nitrogens is 5. The number of halogens is 1. The van der Waals surface area contributed by atoms with E-state index in [0.717, 1.165) is 35.2 Å². The smallest absolute Gasteiger partial charge is 0.246 e. The molecule has 1 fully saturated rings. The Kier molecular flexibility index (Phi) is 4.69. The summed E-state index contributed by atoms with van der Waals surface area (Å²) in [6.45, 7) is 0.927. The highest BCUT2D eigenvalue weighted by Gasteiger charge is 2.27. The van der Waals surface area contributed by atoms with Crippen molar-refractivity contribution in [3.8, 4) is 5.69 Å². The van der Waals surface area contributed by atoms with Crippen molar-refractivity contribution < 1.29 is 5.11 Å². The van der Waals surface area contributed by atoms with Gasteiger partial charge in [0.1, 0.15) is 22.3 Å².